The SMILES string of the molecule is COc1ccccc1C[n+]1ccccc1.FC(F)(F)c1cc([B-](c2cc(C(F)(F)F)cc(C(F)(F)F)c2)(c2cc(C(F)(F)F)cc(C(F)(F)F)c2)c2cc(C(F)(F)F)cc(C(F)(F)F)c2)cc(C(F)(F)F)c1. The Bertz CT molecular complexity index is 2430. The predicted molar refractivity (Wildman–Crippen MR) is 209 cm³/mol. The van der Waals surface area contributed by atoms with Crippen LogP contribution in [0.25, 0.3) is 0 Å². The van der Waals surface area contributed by atoms with Crippen molar-refractivity contribution in [1.82, 2.24) is 0 Å². The number of aromatic nitrogens is 1. The molecule has 27 heteroatoms. The van der Waals surface area contributed by atoms with Gasteiger partial charge in [0.25, 0.3) is 0 Å². The van der Waals surface area contributed by atoms with Crippen LogP contribution in [0, 0.1) is 0 Å². The maximum Gasteiger partial charge on any atom is 0.416 e. The van der Waals surface area contributed by atoms with E-state index in [1.54, 1.807) is 7.11 Å². The van der Waals surface area contributed by atoms with Gasteiger partial charge in [0, 0.05) is 12.1 Å². The standard InChI is InChI=1S/C32H12BF24.C13H14NO/c34-25(35,36)13-1-14(26(37,38)39)6-21(5-13)33(22-7-15(27(40,41)42)2-16(8-22)28(43,44)45,23-9-17(29(46,47)48)3-18(10-23)30(49,50)51)24-11-19(31(52,53)54)4-20(12-24)32(55,56)57;1-15-13-8-4-3-7-12(13)11-14-9-5-2-6-10-14/h1-12H;2-10H,11H2,1H3/q-1;+1. The van der Waals surface area contributed by atoms with Crippen LogP contribution in [0.15, 0.2) is 128 Å². The van der Waals surface area contributed by atoms with E-state index < -0.39 is 195 Å². The van der Waals surface area contributed by atoms with Gasteiger partial charge < -0.3 is 4.74 Å². The Labute approximate surface area is 389 Å². The number of ether oxygens (including phenoxy) is 1. The molecule has 388 valence electrons. The lowest BCUT2D eigenvalue weighted by Gasteiger charge is -2.46. The molecule has 0 saturated heterocycles. The lowest BCUT2D eigenvalue weighted by atomic mass is 9.12. The van der Waals surface area contributed by atoms with Gasteiger partial charge in [0.1, 0.15) is 11.9 Å². The van der Waals surface area contributed by atoms with Crippen molar-refractivity contribution in [2.45, 2.75) is 56.0 Å². The van der Waals surface area contributed by atoms with Crippen molar-refractivity contribution in [2.75, 3.05) is 7.11 Å². The molecule has 0 unspecified atom stereocenters. The number of benzene rings is 5. The monoisotopic (exact) mass is 1060 g/mol. The molecule has 0 aliphatic heterocycles. The molecular formula is C45H26BF24NO. The van der Waals surface area contributed by atoms with Crippen LogP contribution in [-0.2, 0) is 56.0 Å². The van der Waals surface area contributed by atoms with Crippen molar-refractivity contribution in [1.29, 1.82) is 0 Å². The molecule has 5 aromatic carbocycles. The molecule has 6 rings (SSSR count). The van der Waals surface area contributed by atoms with Crippen molar-refractivity contribution in [3.8, 4) is 5.75 Å². The zero-order valence-electron chi connectivity index (χ0n) is 35.3. The Hall–Kier alpha value is -6.57. The molecule has 1 heterocycles. The molecule has 6 aromatic rings. The van der Waals surface area contributed by atoms with E-state index in [1.807, 2.05) is 48.8 Å². The first-order valence-electron chi connectivity index (χ1n) is 19.6. The average Bonchev–Trinajstić information content (AvgIpc) is 3.25. The Morgan fingerprint density at radius 2 is 0.569 bits per heavy atom. The molecule has 0 saturated carbocycles. The molecule has 0 aliphatic carbocycles. The average molecular weight is 1060 g/mol. The van der Waals surface area contributed by atoms with Gasteiger partial charge in [-0.1, -0.05) is 66.7 Å². The number of nitrogens with zero attached hydrogens (tertiary/aromatic N) is 1. The smallest absolute Gasteiger partial charge is 0.416 e. The van der Waals surface area contributed by atoms with Gasteiger partial charge in [-0.05, 0) is 36.4 Å². The summed E-state index contributed by atoms with van der Waals surface area (Å²) in [5, 5.41) is 0. The van der Waals surface area contributed by atoms with E-state index in [4.69, 9.17) is 4.74 Å². The second-order valence-electron chi connectivity index (χ2n) is 15.6. The zero-order valence-corrected chi connectivity index (χ0v) is 35.3. The van der Waals surface area contributed by atoms with Crippen LogP contribution in [0.1, 0.15) is 50.1 Å². The number of pyridine rings is 1. The maximum absolute atomic E-state index is 14.2. The quantitative estimate of drug-likeness (QED) is 0.0882. The maximum atomic E-state index is 14.2. The summed E-state index contributed by atoms with van der Waals surface area (Å²) in [5.74, 6) is 0.939. The highest BCUT2D eigenvalue weighted by Gasteiger charge is 2.47. The number of halogens is 24. The number of methoxy groups -OCH3 is 1. The van der Waals surface area contributed by atoms with Gasteiger partial charge in [0.05, 0.1) is 57.2 Å². The largest absolute Gasteiger partial charge is 0.496 e. The minimum Gasteiger partial charge on any atom is -0.496 e. The van der Waals surface area contributed by atoms with E-state index in [2.05, 4.69) is 10.6 Å². The van der Waals surface area contributed by atoms with Gasteiger partial charge in [-0.15, -0.1) is 0 Å². The van der Waals surface area contributed by atoms with Crippen molar-refractivity contribution < 1.29 is 115 Å². The molecule has 72 heavy (non-hydrogen) atoms. The second-order valence-corrected chi connectivity index (χ2v) is 15.6. The summed E-state index contributed by atoms with van der Waals surface area (Å²) in [6.45, 7) is 0.838. The highest BCUT2D eigenvalue weighted by Crippen LogP contribution is 2.41. The molecule has 0 bridgehead atoms. The molecular weight excluding hydrogens is 1040 g/mol. The zero-order chi connectivity index (χ0) is 54.4. The fourth-order valence-corrected chi connectivity index (χ4v) is 7.64. The highest BCUT2D eigenvalue weighted by molar-refractivity contribution is 7.20. The highest BCUT2D eigenvalue weighted by atomic mass is 19.4. The Morgan fingerprint density at radius 1 is 0.333 bits per heavy atom. The van der Waals surface area contributed by atoms with Crippen LogP contribution in [0.5, 0.6) is 5.75 Å². The summed E-state index contributed by atoms with van der Waals surface area (Å²) >= 11 is 0. The first-order chi connectivity index (χ1) is 32.7. The minimum atomic E-state index is -6.13. The lowest BCUT2D eigenvalue weighted by Crippen LogP contribution is -2.75. The third-order valence-electron chi connectivity index (χ3n) is 10.8. The first kappa shape index (κ1) is 56.4. The molecule has 0 spiro atoms. The van der Waals surface area contributed by atoms with Crippen molar-refractivity contribution in [3.63, 3.8) is 0 Å². The van der Waals surface area contributed by atoms with E-state index in [0.29, 0.717) is 0 Å². The van der Waals surface area contributed by atoms with Crippen LogP contribution in [0.4, 0.5) is 105 Å². The number of hydrogen-bond donors (Lipinski definition) is 0. The predicted octanol–water partition coefficient (Wildman–Crippen LogP) is 13.2. The minimum absolute atomic E-state index is 0.691. The lowest BCUT2D eigenvalue weighted by molar-refractivity contribution is -0.688. The summed E-state index contributed by atoms with van der Waals surface area (Å²) < 4.78 is 348. The number of para-hydroxylation sites is 1. The van der Waals surface area contributed by atoms with Gasteiger partial charge >= 0.3 is 49.4 Å². The van der Waals surface area contributed by atoms with E-state index in [1.165, 1.54) is 5.56 Å². The van der Waals surface area contributed by atoms with E-state index in [-0.39, 0.29) is 0 Å². The molecule has 2 nitrogen and oxygen atoms in total. The van der Waals surface area contributed by atoms with Crippen LogP contribution in [-0.4, -0.2) is 13.3 Å². The summed E-state index contributed by atoms with van der Waals surface area (Å²) in [7, 11) is 1.70. The Balaban J connectivity index is 0.000000542. The number of hydrogen-bond acceptors (Lipinski definition) is 1. The van der Waals surface area contributed by atoms with Crippen molar-refractivity contribution >= 4 is 28.0 Å². The molecule has 0 amide bonds. The third-order valence-corrected chi connectivity index (χ3v) is 10.8. The topological polar surface area (TPSA) is 13.1 Å². The van der Waals surface area contributed by atoms with Gasteiger partial charge in [-0.2, -0.15) is 127 Å². The summed E-state index contributed by atoms with van der Waals surface area (Å²) in [6.07, 6.45) is -50.7. The van der Waals surface area contributed by atoms with Crippen LogP contribution in [0.2, 0.25) is 0 Å². The molecule has 0 atom stereocenters. The molecule has 0 radical (unpaired) electrons. The van der Waals surface area contributed by atoms with Gasteiger partial charge in [-0.3, -0.25) is 0 Å². The van der Waals surface area contributed by atoms with Gasteiger partial charge in [-0.25, -0.2) is 4.57 Å². The molecule has 0 aliphatic rings. The summed E-state index contributed by atoms with van der Waals surface area (Å²) in [6, 6.07) is 5.33. The van der Waals surface area contributed by atoms with Gasteiger partial charge in [0.2, 0.25) is 0 Å². The van der Waals surface area contributed by atoms with Crippen LogP contribution >= 0.6 is 0 Å². The van der Waals surface area contributed by atoms with Crippen LogP contribution in [0.3, 0.4) is 0 Å². The Kier molecular flexibility index (Phi) is 15.2. The fourth-order valence-electron chi connectivity index (χ4n) is 7.64. The molecule has 0 fully saturated rings. The van der Waals surface area contributed by atoms with E-state index in [9.17, 15) is 105 Å². The van der Waals surface area contributed by atoms with E-state index >= 15 is 0 Å². The molecule has 0 N–H and O–H groups in total. The number of alkyl halides is 24. The normalized spacial score (nSPS) is 13.4. The molecule has 1 aromatic heterocycles. The van der Waals surface area contributed by atoms with Crippen molar-refractivity contribution in [2.24, 2.45) is 0 Å². The Morgan fingerprint density at radius 3 is 0.792 bits per heavy atom. The van der Waals surface area contributed by atoms with Crippen LogP contribution < -0.4 is 31.2 Å². The summed E-state index contributed by atoms with van der Waals surface area (Å²) in [4.78, 5) is 0. The second kappa shape index (κ2) is 19.5. The van der Waals surface area contributed by atoms with Crippen molar-refractivity contribution in [3.05, 3.63) is 178 Å². The number of rotatable bonds is 7. The van der Waals surface area contributed by atoms with E-state index in [0.717, 1.165) is 12.3 Å². The first-order valence-corrected chi connectivity index (χ1v) is 19.6. The fraction of sp³-hybridized carbons (Fsp3) is 0.222. The third kappa shape index (κ3) is 12.9. The van der Waals surface area contributed by atoms with Gasteiger partial charge in [0.15, 0.2) is 18.9 Å². The summed E-state index contributed by atoms with van der Waals surface area (Å²) in [5.41, 5.74) is -29.0.